The number of rotatable bonds is 6. The average Bonchev–Trinajstić information content (AvgIpc) is 3.45. The Bertz CT molecular complexity index is 1350. The summed E-state index contributed by atoms with van der Waals surface area (Å²) < 4.78 is 1.98. The van der Waals surface area contributed by atoms with Crippen LogP contribution >= 0.6 is 11.6 Å². The molecule has 1 atom stereocenters. The van der Waals surface area contributed by atoms with Crippen molar-refractivity contribution in [3.63, 3.8) is 0 Å². The summed E-state index contributed by atoms with van der Waals surface area (Å²) in [6.45, 7) is 5.46. The summed E-state index contributed by atoms with van der Waals surface area (Å²) in [5.41, 5.74) is 6.75. The van der Waals surface area contributed by atoms with Crippen molar-refractivity contribution in [1.29, 1.82) is 0 Å². The summed E-state index contributed by atoms with van der Waals surface area (Å²) in [5.74, 6) is 0.0345. The van der Waals surface area contributed by atoms with E-state index in [1.807, 2.05) is 65.0 Å². The number of aromatic nitrogens is 4. The predicted molar refractivity (Wildman–Crippen MR) is 137 cm³/mol. The van der Waals surface area contributed by atoms with Gasteiger partial charge in [-0.05, 0) is 68.1 Å². The number of hydrogen-bond acceptors (Lipinski definition) is 4. The van der Waals surface area contributed by atoms with E-state index in [0.717, 1.165) is 53.3 Å². The van der Waals surface area contributed by atoms with Crippen molar-refractivity contribution >= 4 is 17.5 Å². The molecule has 2 aromatic heterocycles. The monoisotopic (exact) mass is 485 g/mol. The molecule has 2 aromatic carbocycles. The molecule has 1 aliphatic heterocycles. The standard InChI is InChI=1S/C28H28ClN5O/c1-19-13-20(2)34(32-19)18-21-8-10-23(11-9-21)28(35)33-12-4-7-27(33)26-17-30-16-25(31-26)15-22-5-3-6-24(29)14-22/h3,5-6,8-11,13-14,16-17,27H,4,7,12,15,18H2,1-2H3/t27-/m1/s1. The minimum atomic E-state index is -0.0660. The largest absolute Gasteiger partial charge is 0.330 e. The summed E-state index contributed by atoms with van der Waals surface area (Å²) in [6, 6.07) is 17.6. The Balaban J connectivity index is 1.30. The van der Waals surface area contributed by atoms with Gasteiger partial charge in [0.2, 0.25) is 0 Å². The van der Waals surface area contributed by atoms with Crippen LogP contribution in [0.25, 0.3) is 0 Å². The van der Waals surface area contributed by atoms with Gasteiger partial charge >= 0.3 is 0 Å². The van der Waals surface area contributed by atoms with Crippen molar-refractivity contribution in [1.82, 2.24) is 24.6 Å². The maximum absolute atomic E-state index is 13.4. The highest BCUT2D eigenvalue weighted by atomic mass is 35.5. The summed E-state index contributed by atoms with van der Waals surface area (Å²) in [7, 11) is 0. The Morgan fingerprint density at radius 3 is 2.63 bits per heavy atom. The van der Waals surface area contributed by atoms with E-state index in [4.69, 9.17) is 16.6 Å². The van der Waals surface area contributed by atoms with Gasteiger partial charge in [0, 0.05) is 35.4 Å². The van der Waals surface area contributed by atoms with E-state index in [9.17, 15) is 4.79 Å². The maximum Gasteiger partial charge on any atom is 0.254 e. The topological polar surface area (TPSA) is 63.9 Å². The van der Waals surface area contributed by atoms with Crippen LogP contribution in [0.4, 0.5) is 0 Å². The van der Waals surface area contributed by atoms with Gasteiger partial charge in [0.15, 0.2) is 0 Å². The average molecular weight is 486 g/mol. The zero-order chi connectivity index (χ0) is 24.4. The molecule has 0 radical (unpaired) electrons. The summed E-state index contributed by atoms with van der Waals surface area (Å²) >= 11 is 6.13. The van der Waals surface area contributed by atoms with Gasteiger partial charge in [-0.2, -0.15) is 5.10 Å². The number of benzene rings is 2. The van der Waals surface area contributed by atoms with Crippen molar-refractivity contribution in [2.75, 3.05) is 6.54 Å². The highest BCUT2D eigenvalue weighted by molar-refractivity contribution is 6.30. The first kappa shape index (κ1) is 23.2. The van der Waals surface area contributed by atoms with Crippen LogP contribution in [-0.4, -0.2) is 37.1 Å². The van der Waals surface area contributed by atoms with Gasteiger partial charge in [-0.3, -0.25) is 19.4 Å². The number of amides is 1. The molecule has 0 bridgehead atoms. The minimum absolute atomic E-state index is 0.0345. The van der Waals surface area contributed by atoms with Gasteiger partial charge in [-0.1, -0.05) is 35.9 Å². The molecule has 6 nitrogen and oxygen atoms in total. The lowest BCUT2D eigenvalue weighted by Crippen LogP contribution is -2.31. The van der Waals surface area contributed by atoms with E-state index in [-0.39, 0.29) is 11.9 Å². The molecule has 0 saturated carbocycles. The van der Waals surface area contributed by atoms with Crippen molar-refractivity contribution in [3.05, 3.63) is 111 Å². The molecular formula is C28H28ClN5O. The zero-order valence-electron chi connectivity index (χ0n) is 20.0. The first-order valence-electron chi connectivity index (χ1n) is 11.9. The number of carbonyl (C=O) groups is 1. The fourth-order valence-corrected chi connectivity index (χ4v) is 4.98. The van der Waals surface area contributed by atoms with Crippen LogP contribution in [0.1, 0.15) is 63.1 Å². The normalized spacial score (nSPS) is 15.5. The van der Waals surface area contributed by atoms with Gasteiger partial charge in [-0.15, -0.1) is 0 Å². The minimum Gasteiger partial charge on any atom is -0.330 e. The highest BCUT2D eigenvalue weighted by Crippen LogP contribution is 2.32. The summed E-state index contributed by atoms with van der Waals surface area (Å²) in [5, 5.41) is 5.24. The van der Waals surface area contributed by atoms with Crippen LogP contribution in [0.5, 0.6) is 0 Å². The lowest BCUT2D eigenvalue weighted by atomic mass is 10.1. The second-order valence-corrected chi connectivity index (χ2v) is 9.62. The molecule has 7 heteroatoms. The van der Waals surface area contributed by atoms with Gasteiger partial charge < -0.3 is 4.90 Å². The molecule has 1 aliphatic rings. The molecule has 5 rings (SSSR count). The van der Waals surface area contributed by atoms with Crippen molar-refractivity contribution in [2.24, 2.45) is 0 Å². The molecule has 0 N–H and O–H groups in total. The Morgan fingerprint density at radius 2 is 1.89 bits per heavy atom. The Hall–Kier alpha value is -3.51. The van der Waals surface area contributed by atoms with Gasteiger partial charge in [0.05, 0.1) is 35.9 Å². The van der Waals surface area contributed by atoms with Crippen molar-refractivity contribution in [2.45, 2.75) is 45.7 Å². The summed E-state index contributed by atoms with van der Waals surface area (Å²) in [6.07, 6.45) is 6.06. The molecule has 0 spiro atoms. The Kier molecular flexibility index (Phi) is 6.64. The number of carbonyl (C=O) groups excluding carboxylic acids is 1. The fourth-order valence-electron chi connectivity index (χ4n) is 4.77. The molecule has 1 saturated heterocycles. The Morgan fingerprint density at radius 1 is 1.06 bits per heavy atom. The molecule has 178 valence electrons. The highest BCUT2D eigenvalue weighted by Gasteiger charge is 2.32. The van der Waals surface area contributed by atoms with Crippen LogP contribution in [0.2, 0.25) is 5.02 Å². The van der Waals surface area contributed by atoms with E-state index >= 15 is 0 Å². The predicted octanol–water partition coefficient (Wildman–Crippen LogP) is 5.56. The number of likely N-dealkylation sites (tertiary alicyclic amines) is 1. The van der Waals surface area contributed by atoms with E-state index in [1.165, 1.54) is 0 Å². The SMILES string of the molecule is Cc1cc(C)n(Cc2ccc(C(=O)N3CCC[C@@H]3c3cncc(Cc4cccc(Cl)c4)n3)cc2)n1. The van der Waals surface area contributed by atoms with Crippen LogP contribution in [0.15, 0.2) is 67.0 Å². The second-order valence-electron chi connectivity index (χ2n) is 9.18. The fraction of sp³-hybridized carbons (Fsp3) is 0.286. The van der Waals surface area contributed by atoms with Crippen molar-refractivity contribution < 1.29 is 4.79 Å². The third kappa shape index (κ3) is 5.28. The van der Waals surface area contributed by atoms with Gasteiger partial charge in [-0.25, -0.2) is 0 Å². The van der Waals surface area contributed by atoms with Crippen LogP contribution in [-0.2, 0) is 13.0 Å². The number of hydrogen-bond donors (Lipinski definition) is 0. The molecule has 0 aliphatic carbocycles. The third-order valence-electron chi connectivity index (χ3n) is 6.47. The number of halogens is 1. The molecule has 3 heterocycles. The Labute approximate surface area is 210 Å². The number of aryl methyl sites for hydroxylation is 2. The molecule has 0 unspecified atom stereocenters. The van der Waals surface area contributed by atoms with E-state index in [0.29, 0.717) is 23.6 Å². The van der Waals surface area contributed by atoms with E-state index in [2.05, 4.69) is 23.1 Å². The third-order valence-corrected chi connectivity index (χ3v) is 6.70. The number of nitrogens with zero attached hydrogens (tertiary/aromatic N) is 5. The second kappa shape index (κ2) is 10.0. The molecule has 35 heavy (non-hydrogen) atoms. The molecule has 4 aromatic rings. The molecule has 1 amide bonds. The van der Waals surface area contributed by atoms with Crippen molar-refractivity contribution in [3.8, 4) is 0 Å². The molecular weight excluding hydrogens is 458 g/mol. The lowest BCUT2D eigenvalue weighted by Gasteiger charge is -2.24. The summed E-state index contributed by atoms with van der Waals surface area (Å²) in [4.78, 5) is 24.7. The van der Waals surface area contributed by atoms with E-state index in [1.54, 1.807) is 12.4 Å². The first-order valence-corrected chi connectivity index (χ1v) is 12.3. The van der Waals surface area contributed by atoms with Crippen LogP contribution < -0.4 is 0 Å². The van der Waals surface area contributed by atoms with Crippen LogP contribution in [0.3, 0.4) is 0 Å². The van der Waals surface area contributed by atoms with Gasteiger partial charge in [0.1, 0.15) is 0 Å². The van der Waals surface area contributed by atoms with E-state index < -0.39 is 0 Å². The van der Waals surface area contributed by atoms with Gasteiger partial charge in [0.25, 0.3) is 5.91 Å². The lowest BCUT2D eigenvalue weighted by molar-refractivity contribution is 0.0732. The zero-order valence-corrected chi connectivity index (χ0v) is 20.7. The van der Waals surface area contributed by atoms with Crippen LogP contribution in [0, 0.1) is 13.8 Å². The quantitative estimate of drug-likeness (QED) is 0.358. The smallest absolute Gasteiger partial charge is 0.254 e. The first-order chi connectivity index (χ1) is 17.0. The maximum atomic E-state index is 13.4. The molecule has 1 fully saturated rings.